The average Bonchev–Trinajstić information content (AvgIpc) is 3.06. The second-order valence-electron chi connectivity index (χ2n) is 7.63. The monoisotopic (exact) mass is 407 g/mol. The molecule has 1 aliphatic heterocycles. The number of nitrogens with one attached hydrogen (secondary N) is 1. The van der Waals surface area contributed by atoms with Gasteiger partial charge in [0, 0.05) is 31.1 Å². The molecule has 0 saturated carbocycles. The molecule has 1 amide bonds. The molecule has 1 N–H and O–H groups in total. The lowest BCUT2D eigenvalue weighted by molar-refractivity contribution is -0.139. The van der Waals surface area contributed by atoms with E-state index in [1.54, 1.807) is 12.4 Å². The predicted molar refractivity (Wildman–Crippen MR) is 115 cm³/mol. The summed E-state index contributed by atoms with van der Waals surface area (Å²) in [4.78, 5) is 34.4. The van der Waals surface area contributed by atoms with Gasteiger partial charge in [0.1, 0.15) is 0 Å². The molecular formula is C22H25N5O3. The summed E-state index contributed by atoms with van der Waals surface area (Å²) in [5.74, 6) is 0.134. The first-order valence-corrected chi connectivity index (χ1v) is 9.87. The molecule has 3 aromatic rings. The zero-order chi connectivity index (χ0) is 21.6. The van der Waals surface area contributed by atoms with Crippen molar-refractivity contribution in [3.8, 4) is 0 Å². The minimum Gasteiger partial charge on any atom is -0.469 e. The number of esters is 1. The van der Waals surface area contributed by atoms with E-state index in [0.29, 0.717) is 18.2 Å². The number of benzene rings is 1. The van der Waals surface area contributed by atoms with E-state index in [1.165, 1.54) is 19.7 Å². The molecule has 2 aromatic heterocycles. The molecule has 3 heterocycles. The first-order chi connectivity index (χ1) is 14.3. The summed E-state index contributed by atoms with van der Waals surface area (Å²) in [6.07, 6.45) is 3.44. The van der Waals surface area contributed by atoms with Crippen LogP contribution in [0.2, 0.25) is 0 Å². The number of hydrogen-bond donors (Lipinski definition) is 1. The Morgan fingerprint density at radius 3 is 2.47 bits per heavy atom. The number of hydrogen-bond acceptors (Lipinski definition) is 6. The van der Waals surface area contributed by atoms with Gasteiger partial charge in [-0.3, -0.25) is 9.59 Å². The lowest BCUT2D eigenvalue weighted by Gasteiger charge is -2.32. The normalized spacial score (nSPS) is 12.9. The topological polar surface area (TPSA) is 89.4 Å². The molecule has 0 spiro atoms. The second-order valence-corrected chi connectivity index (χ2v) is 7.63. The maximum absolute atomic E-state index is 12.1. The van der Waals surface area contributed by atoms with Crippen LogP contribution in [0.1, 0.15) is 29.3 Å². The standard InChI is InChI=1S/C22H25N5O3/c1-12-8-18-13(2)17(9-19(29)30-5)14(3)20-21(18)26(12)6-7-27(20)22-23-10-16(11-24-22)25-15(4)28/h8,10-11H,6-7,9H2,1-5H3,(H,25,28). The highest BCUT2D eigenvalue weighted by molar-refractivity contribution is 6.00. The van der Waals surface area contributed by atoms with Crippen molar-refractivity contribution in [2.75, 3.05) is 23.9 Å². The third kappa shape index (κ3) is 3.18. The minimum absolute atomic E-state index is 0.166. The van der Waals surface area contributed by atoms with Crippen molar-refractivity contribution < 1.29 is 14.3 Å². The number of nitrogens with zero attached hydrogens (tertiary/aromatic N) is 4. The van der Waals surface area contributed by atoms with Crippen molar-refractivity contribution in [1.29, 1.82) is 0 Å². The molecule has 0 aliphatic carbocycles. The number of carbonyl (C=O) groups excluding carboxylic acids is 2. The zero-order valence-electron chi connectivity index (χ0n) is 17.9. The van der Waals surface area contributed by atoms with Gasteiger partial charge in [-0.05, 0) is 43.5 Å². The molecule has 1 aliphatic rings. The largest absolute Gasteiger partial charge is 0.469 e. The summed E-state index contributed by atoms with van der Waals surface area (Å²) in [5, 5.41) is 3.82. The van der Waals surface area contributed by atoms with E-state index in [0.717, 1.165) is 39.8 Å². The van der Waals surface area contributed by atoms with Crippen LogP contribution in [0.4, 0.5) is 17.3 Å². The van der Waals surface area contributed by atoms with Crippen molar-refractivity contribution in [2.45, 2.75) is 40.7 Å². The van der Waals surface area contributed by atoms with Gasteiger partial charge in [-0.25, -0.2) is 9.97 Å². The van der Waals surface area contributed by atoms with Gasteiger partial charge in [-0.1, -0.05) is 0 Å². The number of anilines is 3. The van der Waals surface area contributed by atoms with Crippen LogP contribution >= 0.6 is 0 Å². The Morgan fingerprint density at radius 1 is 1.13 bits per heavy atom. The lowest BCUT2D eigenvalue weighted by Crippen LogP contribution is -2.30. The number of methoxy groups -OCH3 is 1. The lowest BCUT2D eigenvalue weighted by atomic mass is 9.93. The zero-order valence-corrected chi connectivity index (χ0v) is 17.9. The molecule has 0 bridgehead atoms. The fraction of sp³-hybridized carbons (Fsp3) is 0.364. The fourth-order valence-corrected chi connectivity index (χ4v) is 4.32. The highest BCUT2D eigenvalue weighted by Crippen LogP contribution is 2.42. The highest BCUT2D eigenvalue weighted by Gasteiger charge is 2.29. The molecule has 0 unspecified atom stereocenters. The number of carbonyl (C=O) groups is 2. The van der Waals surface area contributed by atoms with Crippen LogP contribution in [-0.2, 0) is 27.3 Å². The number of amides is 1. The Hall–Kier alpha value is -3.42. The molecule has 0 radical (unpaired) electrons. The van der Waals surface area contributed by atoms with Gasteiger partial charge in [-0.15, -0.1) is 0 Å². The Bertz CT molecular complexity index is 1160. The number of rotatable bonds is 4. The van der Waals surface area contributed by atoms with Gasteiger partial charge < -0.3 is 19.5 Å². The maximum Gasteiger partial charge on any atom is 0.309 e. The Kier molecular flexibility index (Phi) is 4.93. The van der Waals surface area contributed by atoms with E-state index in [4.69, 9.17) is 4.74 Å². The molecule has 0 fully saturated rings. The summed E-state index contributed by atoms with van der Waals surface area (Å²) in [6, 6.07) is 2.18. The van der Waals surface area contributed by atoms with E-state index in [1.807, 2.05) is 6.92 Å². The summed E-state index contributed by atoms with van der Waals surface area (Å²) >= 11 is 0. The molecule has 156 valence electrons. The number of aryl methyl sites for hydroxylation is 2. The van der Waals surface area contributed by atoms with Crippen molar-refractivity contribution in [3.63, 3.8) is 0 Å². The second kappa shape index (κ2) is 7.44. The fourth-order valence-electron chi connectivity index (χ4n) is 4.32. The minimum atomic E-state index is -0.262. The highest BCUT2D eigenvalue weighted by atomic mass is 16.5. The first-order valence-electron chi connectivity index (χ1n) is 9.87. The van der Waals surface area contributed by atoms with Crippen molar-refractivity contribution in [1.82, 2.24) is 14.5 Å². The molecule has 0 atom stereocenters. The molecule has 1 aromatic carbocycles. The molecule has 4 rings (SSSR count). The molecule has 8 heteroatoms. The van der Waals surface area contributed by atoms with Crippen LogP contribution in [-0.4, -0.2) is 40.1 Å². The van der Waals surface area contributed by atoms with Crippen molar-refractivity contribution in [2.24, 2.45) is 0 Å². The quantitative estimate of drug-likeness (QED) is 0.668. The van der Waals surface area contributed by atoms with Crippen LogP contribution in [0.15, 0.2) is 18.5 Å². The van der Waals surface area contributed by atoms with E-state index in [2.05, 4.69) is 44.7 Å². The van der Waals surface area contributed by atoms with Gasteiger partial charge in [0.05, 0.1) is 42.8 Å². The van der Waals surface area contributed by atoms with Crippen molar-refractivity contribution >= 4 is 40.1 Å². The molecular weight excluding hydrogens is 382 g/mol. The van der Waals surface area contributed by atoms with Crippen LogP contribution in [0, 0.1) is 20.8 Å². The van der Waals surface area contributed by atoms with Crippen molar-refractivity contribution in [3.05, 3.63) is 40.8 Å². The number of aromatic nitrogens is 3. The molecule has 8 nitrogen and oxygen atoms in total. The SMILES string of the molecule is COC(=O)Cc1c(C)c2c3c(cc(C)n3CCN2c2ncc(NC(C)=O)cn2)c1C. The van der Waals surface area contributed by atoms with Gasteiger partial charge in [0.25, 0.3) is 0 Å². The molecule has 30 heavy (non-hydrogen) atoms. The maximum atomic E-state index is 12.1. The third-order valence-electron chi connectivity index (χ3n) is 5.76. The van der Waals surface area contributed by atoms with Gasteiger partial charge in [0.15, 0.2) is 0 Å². The first kappa shape index (κ1) is 19.9. The smallest absolute Gasteiger partial charge is 0.309 e. The average molecular weight is 407 g/mol. The van der Waals surface area contributed by atoms with Crippen LogP contribution < -0.4 is 10.2 Å². The number of ether oxygens (including phenoxy) is 1. The summed E-state index contributed by atoms with van der Waals surface area (Å²) in [5.41, 5.74) is 6.99. The van der Waals surface area contributed by atoms with Gasteiger partial charge >= 0.3 is 5.97 Å². The Labute approximate surface area is 174 Å². The predicted octanol–water partition coefficient (Wildman–Crippen LogP) is 3.18. The van der Waals surface area contributed by atoms with Crippen LogP contribution in [0.5, 0.6) is 0 Å². The van der Waals surface area contributed by atoms with E-state index in [9.17, 15) is 9.59 Å². The molecule has 0 saturated heterocycles. The van der Waals surface area contributed by atoms with E-state index >= 15 is 0 Å². The Balaban J connectivity index is 1.89. The summed E-state index contributed by atoms with van der Waals surface area (Å²) < 4.78 is 7.25. The summed E-state index contributed by atoms with van der Waals surface area (Å²) in [7, 11) is 1.41. The van der Waals surface area contributed by atoms with Crippen LogP contribution in [0.3, 0.4) is 0 Å². The van der Waals surface area contributed by atoms with Crippen LogP contribution in [0.25, 0.3) is 10.9 Å². The van der Waals surface area contributed by atoms with Gasteiger partial charge in [0.2, 0.25) is 11.9 Å². The van der Waals surface area contributed by atoms with E-state index in [-0.39, 0.29) is 18.3 Å². The summed E-state index contributed by atoms with van der Waals surface area (Å²) in [6.45, 7) is 9.17. The third-order valence-corrected chi connectivity index (χ3v) is 5.76. The van der Waals surface area contributed by atoms with E-state index < -0.39 is 0 Å². The Morgan fingerprint density at radius 2 is 1.83 bits per heavy atom. The van der Waals surface area contributed by atoms with Gasteiger partial charge in [-0.2, -0.15) is 0 Å².